The smallest absolute Gasteiger partial charge is 0.277 e. The molecule has 1 aromatic heterocycles. The van der Waals surface area contributed by atoms with E-state index in [0.717, 1.165) is 28.0 Å². The molecule has 0 N–H and O–H groups in total. The quantitative estimate of drug-likeness (QED) is 0.402. The van der Waals surface area contributed by atoms with Crippen LogP contribution in [0.3, 0.4) is 0 Å². The number of carbonyl (C=O) groups is 1. The molecule has 0 aliphatic rings. The lowest BCUT2D eigenvalue weighted by molar-refractivity contribution is 0.0993. The molecule has 0 fully saturated rings. The second-order valence-electron chi connectivity index (χ2n) is 6.94. The summed E-state index contributed by atoms with van der Waals surface area (Å²) in [6.07, 6.45) is 0. The van der Waals surface area contributed by atoms with Crippen LogP contribution in [0.5, 0.6) is 5.75 Å². The monoisotopic (exact) mass is 396 g/mol. The summed E-state index contributed by atoms with van der Waals surface area (Å²) in [5, 5.41) is 8.08. The average Bonchev–Trinajstić information content (AvgIpc) is 3.10. The second-order valence-corrected chi connectivity index (χ2v) is 8.23. The van der Waals surface area contributed by atoms with E-state index < -0.39 is 0 Å². The van der Waals surface area contributed by atoms with Crippen molar-refractivity contribution in [3.05, 3.63) is 70.1 Å². The van der Waals surface area contributed by atoms with Gasteiger partial charge in [-0.25, -0.2) is 0 Å². The number of hydrogen-bond donors (Lipinski definition) is 0. The number of thioether (sulfide) groups is 1. The standard InChI is InChI=1S/C22H24N2O3S/c1-13-7-6-8-18(9-13)26-12-20-23-24-22(27-20)28-17(5)21(25)19-11-15(3)14(2)10-16(19)4/h6-11,17H,12H2,1-5H3. The van der Waals surface area contributed by atoms with Gasteiger partial charge in [-0.2, -0.15) is 0 Å². The maximum atomic E-state index is 12.8. The number of carbonyl (C=O) groups excluding carboxylic acids is 1. The highest BCUT2D eigenvalue weighted by Gasteiger charge is 2.21. The Morgan fingerprint density at radius 2 is 1.82 bits per heavy atom. The molecular weight excluding hydrogens is 372 g/mol. The Hall–Kier alpha value is -2.60. The van der Waals surface area contributed by atoms with Crippen molar-refractivity contribution < 1.29 is 13.9 Å². The minimum Gasteiger partial charge on any atom is -0.484 e. The molecule has 28 heavy (non-hydrogen) atoms. The van der Waals surface area contributed by atoms with Crippen molar-refractivity contribution in [2.75, 3.05) is 0 Å². The second kappa shape index (κ2) is 8.61. The lowest BCUT2D eigenvalue weighted by Crippen LogP contribution is -2.15. The van der Waals surface area contributed by atoms with E-state index in [0.29, 0.717) is 11.1 Å². The molecular formula is C22H24N2O3S. The lowest BCUT2D eigenvalue weighted by Gasteiger charge is -2.12. The van der Waals surface area contributed by atoms with Crippen LogP contribution in [0.15, 0.2) is 46.0 Å². The summed E-state index contributed by atoms with van der Waals surface area (Å²) in [5.74, 6) is 1.19. The van der Waals surface area contributed by atoms with Gasteiger partial charge in [0.2, 0.25) is 0 Å². The minimum absolute atomic E-state index is 0.0568. The summed E-state index contributed by atoms with van der Waals surface area (Å²) < 4.78 is 11.3. The van der Waals surface area contributed by atoms with Gasteiger partial charge in [-0.15, -0.1) is 10.2 Å². The molecule has 0 amide bonds. The number of Topliss-reactive ketones (excluding diaryl/α,β-unsaturated/α-hetero) is 1. The molecule has 5 nitrogen and oxygen atoms in total. The molecule has 1 unspecified atom stereocenters. The highest BCUT2D eigenvalue weighted by molar-refractivity contribution is 8.00. The molecule has 0 saturated carbocycles. The molecule has 3 rings (SSSR count). The van der Waals surface area contributed by atoms with Crippen molar-refractivity contribution in [2.24, 2.45) is 0 Å². The van der Waals surface area contributed by atoms with Crippen molar-refractivity contribution in [3.8, 4) is 5.75 Å². The molecule has 0 aliphatic carbocycles. The van der Waals surface area contributed by atoms with Crippen LogP contribution < -0.4 is 4.74 Å². The van der Waals surface area contributed by atoms with Gasteiger partial charge in [0.05, 0.1) is 5.25 Å². The van der Waals surface area contributed by atoms with Gasteiger partial charge in [0.1, 0.15) is 5.75 Å². The van der Waals surface area contributed by atoms with E-state index in [9.17, 15) is 4.79 Å². The Kier molecular flexibility index (Phi) is 6.19. The Balaban J connectivity index is 1.62. The van der Waals surface area contributed by atoms with Crippen LogP contribution in [0.2, 0.25) is 0 Å². The molecule has 2 aromatic carbocycles. The predicted molar refractivity (Wildman–Crippen MR) is 110 cm³/mol. The van der Waals surface area contributed by atoms with Crippen molar-refractivity contribution >= 4 is 17.5 Å². The fourth-order valence-corrected chi connectivity index (χ4v) is 3.61. The molecule has 0 saturated heterocycles. The summed E-state index contributed by atoms with van der Waals surface area (Å²) >= 11 is 1.26. The summed E-state index contributed by atoms with van der Waals surface area (Å²) in [7, 11) is 0. The number of hydrogen-bond acceptors (Lipinski definition) is 6. The van der Waals surface area contributed by atoms with Crippen LogP contribution in [-0.4, -0.2) is 21.2 Å². The van der Waals surface area contributed by atoms with Crippen LogP contribution in [-0.2, 0) is 6.61 Å². The van der Waals surface area contributed by atoms with Crippen LogP contribution >= 0.6 is 11.8 Å². The molecule has 0 bridgehead atoms. The fraction of sp³-hybridized carbons (Fsp3) is 0.318. The van der Waals surface area contributed by atoms with Gasteiger partial charge in [-0.05, 0) is 75.1 Å². The Morgan fingerprint density at radius 3 is 2.57 bits per heavy atom. The zero-order chi connectivity index (χ0) is 20.3. The van der Waals surface area contributed by atoms with Crippen molar-refractivity contribution in [3.63, 3.8) is 0 Å². The number of aryl methyl sites for hydroxylation is 4. The SMILES string of the molecule is Cc1cccc(OCc2nnc(SC(C)C(=O)c3cc(C)c(C)cc3C)o2)c1. The summed E-state index contributed by atoms with van der Waals surface area (Å²) in [6, 6.07) is 11.8. The van der Waals surface area contributed by atoms with Crippen molar-refractivity contribution in [1.82, 2.24) is 10.2 Å². The van der Waals surface area contributed by atoms with Crippen LogP contribution in [0.4, 0.5) is 0 Å². The first kappa shape index (κ1) is 20.1. The van der Waals surface area contributed by atoms with Crippen LogP contribution in [0.25, 0.3) is 0 Å². The number of nitrogens with zero attached hydrogens (tertiary/aromatic N) is 2. The summed E-state index contributed by atoms with van der Waals surface area (Å²) in [4.78, 5) is 12.8. The van der Waals surface area contributed by atoms with E-state index in [1.807, 2.05) is 71.0 Å². The zero-order valence-electron chi connectivity index (χ0n) is 16.8. The maximum absolute atomic E-state index is 12.8. The third kappa shape index (κ3) is 4.81. The molecule has 0 aliphatic heterocycles. The third-order valence-corrected chi connectivity index (χ3v) is 5.49. The number of benzene rings is 2. The molecule has 0 radical (unpaired) electrons. The summed E-state index contributed by atoms with van der Waals surface area (Å²) in [5.41, 5.74) is 5.14. The predicted octanol–water partition coefficient (Wildman–Crippen LogP) is 5.25. The number of ether oxygens (including phenoxy) is 1. The zero-order valence-corrected chi connectivity index (χ0v) is 17.6. The van der Waals surface area contributed by atoms with Crippen molar-refractivity contribution in [1.29, 1.82) is 0 Å². The highest BCUT2D eigenvalue weighted by atomic mass is 32.2. The Labute approximate surface area is 169 Å². The van der Waals surface area contributed by atoms with E-state index in [-0.39, 0.29) is 17.6 Å². The van der Waals surface area contributed by atoms with Gasteiger partial charge >= 0.3 is 0 Å². The molecule has 0 spiro atoms. The lowest BCUT2D eigenvalue weighted by atomic mass is 9.97. The molecule has 6 heteroatoms. The van der Waals surface area contributed by atoms with Gasteiger partial charge in [0.15, 0.2) is 12.4 Å². The highest BCUT2D eigenvalue weighted by Crippen LogP contribution is 2.27. The minimum atomic E-state index is -0.327. The van der Waals surface area contributed by atoms with Crippen molar-refractivity contribution in [2.45, 2.75) is 51.7 Å². The van der Waals surface area contributed by atoms with E-state index in [1.54, 1.807) is 0 Å². The first-order chi connectivity index (χ1) is 13.3. The van der Waals surface area contributed by atoms with Crippen LogP contribution in [0, 0.1) is 27.7 Å². The van der Waals surface area contributed by atoms with Gasteiger partial charge in [-0.1, -0.05) is 30.0 Å². The topological polar surface area (TPSA) is 65.2 Å². The maximum Gasteiger partial charge on any atom is 0.277 e. The van der Waals surface area contributed by atoms with Gasteiger partial charge < -0.3 is 9.15 Å². The normalized spacial score (nSPS) is 12.0. The molecule has 1 heterocycles. The summed E-state index contributed by atoms with van der Waals surface area (Å²) in [6.45, 7) is 10.1. The number of ketones is 1. The first-order valence-electron chi connectivity index (χ1n) is 9.14. The fourth-order valence-electron chi connectivity index (χ4n) is 2.84. The van der Waals surface area contributed by atoms with Gasteiger partial charge in [-0.3, -0.25) is 4.79 Å². The average molecular weight is 397 g/mol. The molecule has 146 valence electrons. The third-order valence-electron chi connectivity index (χ3n) is 4.55. The number of rotatable bonds is 7. The Bertz CT molecular complexity index is 997. The van der Waals surface area contributed by atoms with E-state index in [4.69, 9.17) is 9.15 Å². The first-order valence-corrected chi connectivity index (χ1v) is 10.0. The van der Waals surface area contributed by atoms with Crippen LogP contribution in [0.1, 0.15) is 45.4 Å². The number of aromatic nitrogens is 2. The van der Waals surface area contributed by atoms with E-state index in [1.165, 1.54) is 17.3 Å². The Morgan fingerprint density at radius 1 is 1.07 bits per heavy atom. The van der Waals surface area contributed by atoms with Gasteiger partial charge in [0, 0.05) is 5.56 Å². The largest absolute Gasteiger partial charge is 0.484 e. The molecule has 1 atom stereocenters. The van der Waals surface area contributed by atoms with Gasteiger partial charge in [0.25, 0.3) is 11.1 Å². The van der Waals surface area contributed by atoms with E-state index in [2.05, 4.69) is 10.2 Å². The van der Waals surface area contributed by atoms with E-state index >= 15 is 0 Å². The molecule has 3 aromatic rings.